The van der Waals surface area contributed by atoms with Gasteiger partial charge in [-0.3, -0.25) is 4.18 Å². The van der Waals surface area contributed by atoms with Gasteiger partial charge in [-0.25, -0.2) is 4.79 Å². The lowest BCUT2D eigenvalue weighted by Gasteiger charge is -2.21. The smallest absolute Gasteiger partial charge is 0.333 e. The SMILES string of the molecule is C=C(C)C(=O)OCCS(=O)(=O)OC1CCOCC1. The van der Waals surface area contributed by atoms with E-state index in [-0.39, 0.29) is 24.0 Å². The van der Waals surface area contributed by atoms with Gasteiger partial charge in [0.25, 0.3) is 10.1 Å². The summed E-state index contributed by atoms with van der Waals surface area (Å²) in [6.45, 7) is 5.67. The highest BCUT2D eigenvalue weighted by atomic mass is 32.2. The third-order valence-corrected chi connectivity index (χ3v) is 3.60. The molecule has 0 unspecified atom stereocenters. The molecule has 1 aliphatic heterocycles. The molecule has 1 rings (SSSR count). The van der Waals surface area contributed by atoms with Crippen molar-refractivity contribution in [3.05, 3.63) is 12.2 Å². The minimum Gasteiger partial charge on any atom is -0.461 e. The Kier molecular flexibility index (Phi) is 5.77. The Morgan fingerprint density at radius 1 is 1.39 bits per heavy atom. The predicted molar refractivity (Wildman–Crippen MR) is 64.5 cm³/mol. The summed E-state index contributed by atoms with van der Waals surface area (Å²) in [7, 11) is -3.67. The second-order valence-electron chi connectivity index (χ2n) is 4.09. The van der Waals surface area contributed by atoms with Gasteiger partial charge in [-0.2, -0.15) is 8.42 Å². The Bertz CT molecular complexity index is 394. The zero-order valence-electron chi connectivity index (χ0n) is 10.4. The summed E-state index contributed by atoms with van der Waals surface area (Å²) in [5.41, 5.74) is 0.234. The highest BCUT2D eigenvalue weighted by Gasteiger charge is 2.22. The maximum Gasteiger partial charge on any atom is 0.333 e. The Morgan fingerprint density at radius 2 is 2.00 bits per heavy atom. The first-order chi connectivity index (χ1) is 8.41. The molecule has 0 aromatic rings. The number of hydrogen-bond acceptors (Lipinski definition) is 6. The van der Waals surface area contributed by atoms with Crippen LogP contribution in [0.1, 0.15) is 19.8 Å². The maximum absolute atomic E-state index is 11.6. The van der Waals surface area contributed by atoms with Gasteiger partial charge in [-0.05, 0) is 19.8 Å². The molecule has 0 aliphatic carbocycles. The molecular weight excluding hydrogens is 260 g/mol. The van der Waals surface area contributed by atoms with Crippen LogP contribution in [0.5, 0.6) is 0 Å². The van der Waals surface area contributed by atoms with E-state index in [1.807, 2.05) is 0 Å². The molecule has 1 saturated heterocycles. The second kappa shape index (κ2) is 6.86. The quantitative estimate of drug-likeness (QED) is 0.403. The van der Waals surface area contributed by atoms with E-state index in [1.165, 1.54) is 6.92 Å². The summed E-state index contributed by atoms with van der Waals surface area (Å²) in [6.07, 6.45) is 0.788. The van der Waals surface area contributed by atoms with Crippen molar-refractivity contribution in [1.82, 2.24) is 0 Å². The molecule has 104 valence electrons. The van der Waals surface area contributed by atoms with Crippen LogP contribution in [0.2, 0.25) is 0 Å². The number of rotatable bonds is 6. The van der Waals surface area contributed by atoms with Crippen LogP contribution in [0, 0.1) is 0 Å². The van der Waals surface area contributed by atoms with E-state index in [2.05, 4.69) is 6.58 Å². The normalized spacial score (nSPS) is 17.4. The molecule has 0 N–H and O–H groups in total. The first-order valence-electron chi connectivity index (χ1n) is 5.72. The lowest BCUT2D eigenvalue weighted by Crippen LogP contribution is -2.28. The van der Waals surface area contributed by atoms with Crippen LogP contribution in [-0.2, 0) is 28.6 Å². The fourth-order valence-electron chi connectivity index (χ4n) is 1.39. The number of carbonyl (C=O) groups is 1. The minimum absolute atomic E-state index is 0.225. The summed E-state index contributed by atoms with van der Waals surface area (Å²) in [4.78, 5) is 11.0. The molecule has 0 saturated carbocycles. The summed E-state index contributed by atoms with van der Waals surface area (Å²) in [5, 5.41) is 0. The third-order valence-electron chi connectivity index (χ3n) is 2.37. The van der Waals surface area contributed by atoms with Crippen molar-refractivity contribution in [3.8, 4) is 0 Å². The van der Waals surface area contributed by atoms with Crippen LogP contribution in [0.4, 0.5) is 0 Å². The highest BCUT2D eigenvalue weighted by Crippen LogP contribution is 2.13. The predicted octanol–water partition coefficient (Wildman–Crippen LogP) is 0.631. The van der Waals surface area contributed by atoms with Gasteiger partial charge in [0.2, 0.25) is 0 Å². The molecular formula is C11H18O6S. The molecule has 0 amide bonds. The standard InChI is InChI=1S/C11H18O6S/c1-9(2)11(12)16-7-8-18(13,14)17-10-3-5-15-6-4-10/h10H,1,3-8H2,2H3. The molecule has 0 radical (unpaired) electrons. The van der Waals surface area contributed by atoms with Gasteiger partial charge in [0, 0.05) is 18.8 Å². The number of carbonyl (C=O) groups excluding carboxylic acids is 1. The molecule has 7 heteroatoms. The van der Waals surface area contributed by atoms with Crippen molar-refractivity contribution in [2.75, 3.05) is 25.6 Å². The fourth-order valence-corrected chi connectivity index (χ4v) is 2.38. The van der Waals surface area contributed by atoms with Gasteiger partial charge < -0.3 is 9.47 Å². The number of esters is 1. The van der Waals surface area contributed by atoms with E-state index in [0.29, 0.717) is 26.1 Å². The summed E-state index contributed by atoms with van der Waals surface area (Å²) in [6, 6.07) is 0. The Balaban J connectivity index is 2.30. The summed E-state index contributed by atoms with van der Waals surface area (Å²) >= 11 is 0. The van der Waals surface area contributed by atoms with Gasteiger partial charge in [-0.1, -0.05) is 6.58 Å². The van der Waals surface area contributed by atoms with E-state index < -0.39 is 16.1 Å². The first-order valence-corrected chi connectivity index (χ1v) is 7.30. The molecule has 0 bridgehead atoms. The Morgan fingerprint density at radius 3 is 2.56 bits per heavy atom. The van der Waals surface area contributed by atoms with Gasteiger partial charge in [0.05, 0.1) is 6.10 Å². The van der Waals surface area contributed by atoms with E-state index in [1.54, 1.807) is 0 Å². The molecule has 0 aromatic heterocycles. The summed E-state index contributed by atoms with van der Waals surface area (Å²) < 4.78 is 38.0. The van der Waals surface area contributed by atoms with Crippen LogP contribution in [0.25, 0.3) is 0 Å². The lowest BCUT2D eigenvalue weighted by atomic mass is 10.2. The van der Waals surface area contributed by atoms with Crippen LogP contribution < -0.4 is 0 Å². The lowest BCUT2D eigenvalue weighted by molar-refractivity contribution is -0.138. The van der Waals surface area contributed by atoms with E-state index in [4.69, 9.17) is 13.7 Å². The molecule has 0 aromatic carbocycles. The van der Waals surface area contributed by atoms with Gasteiger partial charge in [-0.15, -0.1) is 0 Å². The molecule has 6 nitrogen and oxygen atoms in total. The van der Waals surface area contributed by atoms with Crippen molar-refractivity contribution in [2.45, 2.75) is 25.9 Å². The van der Waals surface area contributed by atoms with Crippen molar-refractivity contribution in [1.29, 1.82) is 0 Å². The van der Waals surface area contributed by atoms with E-state index in [0.717, 1.165) is 0 Å². The van der Waals surface area contributed by atoms with Gasteiger partial charge in [0.1, 0.15) is 12.4 Å². The van der Waals surface area contributed by atoms with E-state index >= 15 is 0 Å². The molecule has 1 aliphatic rings. The highest BCUT2D eigenvalue weighted by molar-refractivity contribution is 7.86. The average molecular weight is 278 g/mol. The first kappa shape index (κ1) is 15.1. The van der Waals surface area contributed by atoms with Crippen molar-refractivity contribution in [3.63, 3.8) is 0 Å². The van der Waals surface area contributed by atoms with Crippen molar-refractivity contribution in [2.24, 2.45) is 0 Å². The van der Waals surface area contributed by atoms with Crippen molar-refractivity contribution >= 4 is 16.1 Å². The van der Waals surface area contributed by atoms with Gasteiger partial charge >= 0.3 is 5.97 Å². The minimum atomic E-state index is -3.67. The number of ether oxygens (including phenoxy) is 2. The van der Waals surface area contributed by atoms with Crippen LogP contribution in [0.15, 0.2) is 12.2 Å². The van der Waals surface area contributed by atoms with E-state index in [9.17, 15) is 13.2 Å². The van der Waals surface area contributed by atoms with Crippen LogP contribution in [0.3, 0.4) is 0 Å². The molecule has 0 atom stereocenters. The Labute approximate surface area is 107 Å². The largest absolute Gasteiger partial charge is 0.461 e. The third kappa shape index (κ3) is 5.61. The molecule has 1 heterocycles. The van der Waals surface area contributed by atoms with Crippen LogP contribution >= 0.6 is 0 Å². The Hall–Kier alpha value is -0.920. The zero-order valence-corrected chi connectivity index (χ0v) is 11.2. The van der Waals surface area contributed by atoms with Crippen LogP contribution in [-0.4, -0.2) is 46.1 Å². The van der Waals surface area contributed by atoms with Gasteiger partial charge in [0.15, 0.2) is 0 Å². The second-order valence-corrected chi connectivity index (χ2v) is 5.80. The molecule has 1 fully saturated rings. The maximum atomic E-state index is 11.6. The van der Waals surface area contributed by atoms with Crippen molar-refractivity contribution < 1.29 is 26.9 Å². The number of hydrogen-bond donors (Lipinski definition) is 0. The average Bonchev–Trinajstić information content (AvgIpc) is 2.29. The fraction of sp³-hybridized carbons (Fsp3) is 0.727. The molecule has 18 heavy (non-hydrogen) atoms. The summed E-state index contributed by atoms with van der Waals surface area (Å²) in [5.74, 6) is -0.945. The monoisotopic (exact) mass is 278 g/mol. The zero-order chi connectivity index (χ0) is 13.6. The molecule has 0 spiro atoms. The topological polar surface area (TPSA) is 78.9 Å².